The average molecular weight is 252 g/mol. The summed E-state index contributed by atoms with van der Waals surface area (Å²) in [6, 6.07) is 0. The van der Waals surface area contributed by atoms with Crippen LogP contribution in [0.25, 0.3) is 0 Å². The number of carbonyl (C=O) groups excluding carboxylic acids is 1. The highest BCUT2D eigenvalue weighted by Gasteiger charge is 2.22. The predicted octanol–water partition coefficient (Wildman–Crippen LogP) is 1.69. The van der Waals surface area contributed by atoms with Crippen molar-refractivity contribution in [1.29, 1.82) is 0 Å². The molecule has 1 aromatic rings. The molecular formula is C13H24N4O. The Hall–Kier alpha value is -1.52. The van der Waals surface area contributed by atoms with E-state index in [2.05, 4.69) is 38.1 Å². The number of anilines is 1. The van der Waals surface area contributed by atoms with Gasteiger partial charge in [0.05, 0.1) is 6.20 Å². The lowest BCUT2D eigenvalue weighted by molar-refractivity contribution is -0.122. The topological polar surface area (TPSA) is 72.9 Å². The summed E-state index contributed by atoms with van der Waals surface area (Å²) in [5.41, 5.74) is 6.81. The Morgan fingerprint density at radius 1 is 1.56 bits per heavy atom. The van der Waals surface area contributed by atoms with Gasteiger partial charge in [-0.2, -0.15) is 5.10 Å². The number of aromatic nitrogens is 2. The predicted molar refractivity (Wildman–Crippen MR) is 72.7 cm³/mol. The van der Waals surface area contributed by atoms with Crippen LogP contribution in [-0.2, 0) is 18.4 Å². The number of nitrogens with one attached hydrogen (secondary N) is 1. The summed E-state index contributed by atoms with van der Waals surface area (Å²) in [7, 11) is 1.78. The van der Waals surface area contributed by atoms with Gasteiger partial charge in [-0.15, -0.1) is 0 Å². The molecule has 0 aliphatic rings. The fourth-order valence-corrected chi connectivity index (χ4v) is 1.48. The lowest BCUT2D eigenvalue weighted by Crippen LogP contribution is -2.28. The molecule has 0 spiro atoms. The minimum absolute atomic E-state index is 0.0562. The van der Waals surface area contributed by atoms with Gasteiger partial charge in [-0.05, 0) is 11.3 Å². The number of hydrogen-bond donors (Lipinski definition) is 2. The van der Waals surface area contributed by atoms with Gasteiger partial charge in [-0.25, -0.2) is 0 Å². The third-order valence-corrected chi connectivity index (χ3v) is 3.51. The zero-order valence-corrected chi connectivity index (χ0v) is 11.9. The van der Waals surface area contributed by atoms with Crippen LogP contribution in [0.2, 0.25) is 0 Å². The maximum Gasteiger partial charge on any atom is 0.220 e. The van der Waals surface area contributed by atoms with Crippen LogP contribution in [0.15, 0.2) is 6.20 Å². The maximum absolute atomic E-state index is 11.8. The molecule has 0 radical (unpaired) electrons. The summed E-state index contributed by atoms with van der Waals surface area (Å²) >= 11 is 0. The molecule has 1 atom stereocenters. The number of nitrogens with two attached hydrogens (primary N) is 1. The molecule has 1 heterocycles. The van der Waals surface area contributed by atoms with Crippen LogP contribution >= 0.6 is 0 Å². The third kappa shape index (κ3) is 3.75. The fraction of sp³-hybridized carbons (Fsp3) is 0.692. The lowest BCUT2D eigenvalue weighted by atomic mass is 9.80. The first-order valence-electron chi connectivity index (χ1n) is 6.25. The Kier molecular flexibility index (Phi) is 4.38. The molecular weight excluding hydrogens is 228 g/mol. The van der Waals surface area contributed by atoms with E-state index < -0.39 is 0 Å². The molecule has 0 aromatic carbocycles. The molecule has 0 aliphatic heterocycles. The summed E-state index contributed by atoms with van der Waals surface area (Å²) in [5, 5.41) is 6.92. The van der Waals surface area contributed by atoms with E-state index in [0.29, 0.717) is 24.7 Å². The van der Waals surface area contributed by atoms with Gasteiger partial charge in [0, 0.05) is 25.6 Å². The Morgan fingerprint density at radius 3 is 2.61 bits per heavy atom. The molecule has 1 amide bonds. The molecule has 0 aliphatic carbocycles. The highest BCUT2D eigenvalue weighted by molar-refractivity contribution is 5.76. The Balaban J connectivity index is 2.45. The van der Waals surface area contributed by atoms with Crippen LogP contribution in [0.1, 0.15) is 39.7 Å². The summed E-state index contributed by atoms with van der Waals surface area (Å²) in [6.45, 7) is 8.96. The third-order valence-electron chi connectivity index (χ3n) is 3.51. The fourth-order valence-electron chi connectivity index (χ4n) is 1.48. The van der Waals surface area contributed by atoms with Crippen LogP contribution in [0.5, 0.6) is 0 Å². The Morgan fingerprint density at radius 2 is 2.17 bits per heavy atom. The van der Waals surface area contributed by atoms with Crippen LogP contribution in [-0.4, -0.2) is 15.7 Å². The molecule has 1 rings (SSSR count). The minimum atomic E-state index is 0.0562. The van der Waals surface area contributed by atoms with Crippen LogP contribution in [0, 0.1) is 11.3 Å². The first kappa shape index (κ1) is 14.5. The molecule has 18 heavy (non-hydrogen) atoms. The van der Waals surface area contributed by atoms with Crippen molar-refractivity contribution in [2.24, 2.45) is 18.4 Å². The second-order valence-electron chi connectivity index (χ2n) is 5.93. The van der Waals surface area contributed by atoms with Crippen LogP contribution in [0.4, 0.5) is 5.82 Å². The van der Waals surface area contributed by atoms with Crippen molar-refractivity contribution >= 4 is 11.7 Å². The molecule has 0 bridgehead atoms. The highest BCUT2D eigenvalue weighted by atomic mass is 16.1. The van der Waals surface area contributed by atoms with Gasteiger partial charge in [-0.3, -0.25) is 9.48 Å². The van der Waals surface area contributed by atoms with Gasteiger partial charge in [-0.1, -0.05) is 27.7 Å². The van der Waals surface area contributed by atoms with Crippen molar-refractivity contribution in [1.82, 2.24) is 15.1 Å². The SMILES string of the molecule is CC(CC(=O)NCc1cnn(C)c1N)C(C)(C)C. The number of nitrogens with zero attached hydrogens (tertiary/aromatic N) is 2. The molecule has 3 N–H and O–H groups in total. The first-order valence-corrected chi connectivity index (χ1v) is 6.25. The van der Waals surface area contributed by atoms with E-state index in [1.807, 2.05) is 0 Å². The Labute approximate surface area is 109 Å². The number of hydrogen-bond acceptors (Lipinski definition) is 3. The quantitative estimate of drug-likeness (QED) is 0.856. The second-order valence-corrected chi connectivity index (χ2v) is 5.93. The van der Waals surface area contributed by atoms with E-state index in [0.717, 1.165) is 5.56 Å². The van der Waals surface area contributed by atoms with E-state index in [1.165, 1.54) is 0 Å². The second kappa shape index (κ2) is 5.42. The molecule has 102 valence electrons. The molecule has 1 unspecified atom stereocenters. The number of nitrogen functional groups attached to an aromatic ring is 1. The zero-order chi connectivity index (χ0) is 13.9. The van der Waals surface area contributed by atoms with Crippen LogP contribution in [0.3, 0.4) is 0 Å². The number of rotatable bonds is 4. The van der Waals surface area contributed by atoms with E-state index >= 15 is 0 Å². The standard InChI is InChI=1S/C13H24N4O/c1-9(13(2,3)4)6-11(18)15-7-10-8-16-17(5)12(10)14/h8-9H,6-7,14H2,1-5H3,(H,15,18). The number of aryl methyl sites for hydroxylation is 1. The van der Waals surface area contributed by atoms with E-state index in [4.69, 9.17) is 5.73 Å². The van der Waals surface area contributed by atoms with Crippen molar-refractivity contribution < 1.29 is 4.79 Å². The van der Waals surface area contributed by atoms with Crippen molar-refractivity contribution in [2.45, 2.75) is 40.7 Å². The number of carbonyl (C=O) groups is 1. The summed E-state index contributed by atoms with van der Waals surface area (Å²) in [4.78, 5) is 11.8. The van der Waals surface area contributed by atoms with E-state index in [-0.39, 0.29) is 11.3 Å². The van der Waals surface area contributed by atoms with Gasteiger partial charge >= 0.3 is 0 Å². The molecule has 0 saturated carbocycles. The van der Waals surface area contributed by atoms with E-state index in [9.17, 15) is 4.79 Å². The van der Waals surface area contributed by atoms with Gasteiger partial charge in [0.25, 0.3) is 0 Å². The summed E-state index contributed by atoms with van der Waals surface area (Å²) < 4.78 is 1.60. The largest absolute Gasteiger partial charge is 0.384 e. The zero-order valence-electron chi connectivity index (χ0n) is 11.9. The van der Waals surface area contributed by atoms with Gasteiger partial charge in [0.1, 0.15) is 5.82 Å². The van der Waals surface area contributed by atoms with Crippen molar-refractivity contribution in [3.05, 3.63) is 11.8 Å². The van der Waals surface area contributed by atoms with Crippen molar-refractivity contribution in [2.75, 3.05) is 5.73 Å². The van der Waals surface area contributed by atoms with Crippen molar-refractivity contribution in [3.63, 3.8) is 0 Å². The highest BCUT2D eigenvalue weighted by Crippen LogP contribution is 2.27. The molecule has 1 aromatic heterocycles. The van der Waals surface area contributed by atoms with Gasteiger partial charge in [0.15, 0.2) is 0 Å². The molecule has 5 heteroatoms. The van der Waals surface area contributed by atoms with Crippen LogP contribution < -0.4 is 11.1 Å². The monoisotopic (exact) mass is 252 g/mol. The smallest absolute Gasteiger partial charge is 0.220 e. The normalized spacial score (nSPS) is 13.4. The maximum atomic E-state index is 11.8. The molecule has 0 fully saturated rings. The van der Waals surface area contributed by atoms with Crippen molar-refractivity contribution in [3.8, 4) is 0 Å². The average Bonchev–Trinajstić information content (AvgIpc) is 2.56. The van der Waals surface area contributed by atoms with E-state index in [1.54, 1.807) is 17.9 Å². The van der Waals surface area contributed by atoms with Gasteiger partial charge < -0.3 is 11.1 Å². The first-order chi connectivity index (χ1) is 8.21. The molecule has 0 saturated heterocycles. The van der Waals surface area contributed by atoms with Gasteiger partial charge in [0.2, 0.25) is 5.91 Å². The molecule has 5 nitrogen and oxygen atoms in total. The summed E-state index contributed by atoms with van der Waals surface area (Å²) in [5.74, 6) is 0.989. The minimum Gasteiger partial charge on any atom is -0.384 e. The lowest BCUT2D eigenvalue weighted by Gasteiger charge is -2.26. The Bertz CT molecular complexity index is 417. The summed E-state index contributed by atoms with van der Waals surface area (Å²) in [6.07, 6.45) is 2.21. The number of amides is 1.